The number of aliphatic hydroxyl groups is 2. The first-order chi connectivity index (χ1) is 12.7. The lowest BCUT2D eigenvalue weighted by Crippen LogP contribution is -2.38. The van der Waals surface area contributed by atoms with E-state index in [1.165, 1.54) is 12.3 Å². The molecule has 2 rings (SSSR count). The van der Waals surface area contributed by atoms with Crippen molar-refractivity contribution in [3.8, 4) is 0 Å². The topological polar surface area (TPSA) is 206 Å². The van der Waals surface area contributed by atoms with Crippen LogP contribution in [0.4, 0.5) is 5.82 Å². The molecule has 0 amide bonds. The summed E-state index contributed by atoms with van der Waals surface area (Å²) in [5, 5.41) is 37.4. The third-order valence-corrected chi connectivity index (χ3v) is 3.92. The van der Waals surface area contributed by atoms with Crippen molar-refractivity contribution in [2.45, 2.75) is 43.4 Å². The number of carboxylic acids is 1. The maximum Gasteiger partial charge on any atom is 0.351 e. The molecule has 0 spiro atoms. The van der Waals surface area contributed by atoms with Crippen LogP contribution in [0.25, 0.3) is 0 Å². The second kappa shape index (κ2) is 8.88. The zero-order chi connectivity index (χ0) is 20.1. The fraction of sp³-hybridized carbons (Fsp3) is 0.571. The molecule has 1 aromatic rings. The van der Waals surface area contributed by atoms with Crippen LogP contribution in [0.1, 0.15) is 19.1 Å². The third-order valence-electron chi connectivity index (χ3n) is 3.92. The Labute approximate surface area is 151 Å². The van der Waals surface area contributed by atoms with Gasteiger partial charge in [-0.3, -0.25) is 24.8 Å². The molecule has 2 heterocycles. The number of carbonyl (C=O) groups excluding carboxylic acids is 1. The van der Waals surface area contributed by atoms with E-state index < -0.39 is 54.8 Å². The summed E-state index contributed by atoms with van der Waals surface area (Å²) in [4.78, 5) is 37.6. The summed E-state index contributed by atoms with van der Waals surface area (Å²) in [6.45, 7) is -0.465. The molecule has 1 fully saturated rings. The molecule has 27 heavy (non-hydrogen) atoms. The predicted octanol–water partition coefficient (Wildman–Crippen LogP) is -2.60. The van der Waals surface area contributed by atoms with Crippen molar-refractivity contribution in [1.82, 2.24) is 9.55 Å². The number of aliphatic carboxylic acids is 1. The molecule has 0 bridgehead atoms. The van der Waals surface area contributed by atoms with Gasteiger partial charge in [0, 0.05) is 12.6 Å². The quantitative estimate of drug-likeness (QED) is 0.200. The number of nitrogens with zero attached hydrogens (tertiary/aromatic N) is 2. The van der Waals surface area contributed by atoms with Gasteiger partial charge in [-0.15, -0.1) is 0 Å². The van der Waals surface area contributed by atoms with Gasteiger partial charge in [-0.05, 0) is 12.5 Å². The number of ether oxygens (including phenoxy) is 2. The number of esters is 1. The second-order valence-corrected chi connectivity index (χ2v) is 5.83. The highest BCUT2D eigenvalue weighted by molar-refractivity contribution is 5.76. The van der Waals surface area contributed by atoms with Crippen molar-refractivity contribution in [2.75, 3.05) is 12.1 Å². The molecule has 0 aliphatic carbocycles. The van der Waals surface area contributed by atoms with E-state index in [-0.39, 0.29) is 18.7 Å². The summed E-state index contributed by atoms with van der Waals surface area (Å²) in [5.41, 5.74) is 6.34. The van der Waals surface area contributed by atoms with Crippen molar-refractivity contribution in [2.24, 2.45) is 5.73 Å². The van der Waals surface area contributed by atoms with Gasteiger partial charge in [0.25, 0.3) is 0 Å². The van der Waals surface area contributed by atoms with Crippen molar-refractivity contribution >= 4 is 17.8 Å². The highest BCUT2D eigenvalue weighted by Gasteiger charge is 2.44. The van der Waals surface area contributed by atoms with Crippen molar-refractivity contribution in [3.63, 3.8) is 0 Å². The number of nitrogens with one attached hydrogen (secondary N) is 1. The molecule has 1 saturated heterocycles. The Morgan fingerprint density at radius 1 is 1.41 bits per heavy atom. The first kappa shape index (κ1) is 20.7. The maximum atomic E-state index is 11.9. The Balaban J connectivity index is 1.97. The Morgan fingerprint density at radius 2 is 2.11 bits per heavy atom. The van der Waals surface area contributed by atoms with Crippen LogP contribution >= 0.6 is 0 Å². The first-order valence-electron chi connectivity index (χ1n) is 7.89. The standard InChI is InChI=1S/C14H20N4O9/c15-6(1-2-9(19)20)13(23)26-5-7-10(21)11(22)12(27-7)18-4-3-8(17-25)16-14(18)24/h3-4,6-7,10-12,21-22,25H,1-2,5,15H2,(H,19,20)(H,16,17,24)/t6-,7-,10-,11-,12-/m1/s1. The summed E-state index contributed by atoms with van der Waals surface area (Å²) >= 11 is 0. The van der Waals surface area contributed by atoms with Crippen LogP contribution in [0.15, 0.2) is 17.1 Å². The summed E-state index contributed by atoms with van der Waals surface area (Å²) < 4.78 is 11.2. The summed E-state index contributed by atoms with van der Waals surface area (Å²) in [6, 6.07) is 0.0734. The van der Waals surface area contributed by atoms with Gasteiger partial charge in [-0.1, -0.05) is 0 Å². The number of anilines is 1. The van der Waals surface area contributed by atoms with E-state index in [0.29, 0.717) is 0 Å². The van der Waals surface area contributed by atoms with E-state index in [0.717, 1.165) is 4.57 Å². The lowest BCUT2D eigenvalue weighted by Gasteiger charge is -2.17. The molecule has 0 saturated carbocycles. The van der Waals surface area contributed by atoms with E-state index in [9.17, 15) is 24.6 Å². The minimum atomic E-state index is -1.51. The molecule has 0 radical (unpaired) electrons. The molecular formula is C14H20N4O9. The fourth-order valence-electron chi connectivity index (χ4n) is 2.43. The summed E-state index contributed by atoms with van der Waals surface area (Å²) in [6.07, 6.45) is -4.68. The molecule has 150 valence electrons. The van der Waals surface area contributed by atoms with Crippen LogP contribution in [0.2, 0.25) is 0 Å². The van der Waals surface area contributed by atoms with E-state index in [1.54, 1.807) is 5.48 Å². The molecule has 1 aromatic heterocycles. The average molecular weight is 388 g/mol. The van der Waals surface area contributed by atoms with Gasteiger partial charge < -0.3 is 30.5 Å². The molecule has 0 aromatic carbocycles. The lowest BCUT2D eigenvalue weighted by molar-refractivity contribution is -0.152. The molecule has 7 N–H and O–H groups in total. The van der Waals surface area contributed by atoms with Crippen LogP contribution in [0, 0.1) is 0 Å². The SMILES string of the molecule is N[C@H](CCC(=O)O)C(=O)OC[C@H]1O[C@@H](n2ccc(NO)nc2=O)[C@H](O)[C@@H]1O. The number of carboxylic acid groups (broad SMARTS) is 1. The van der Waals surface area contributed by atoms with E-state index >= 15 is 0 Å². The van der Waals surface area contributed by atoms with Gasteiger partial charge in [0.05, 0.1) is 0 Å². The average Bonchev–Trinajstić information content (AvgIpc) is 2.92. The Bertz CT molecular complexity index is 740. The molecular weight excluding hydrogens is 368 g/mol. The number of aromatic nitrogens is 2. The minimum absolute atomic E-state index is 0.120. The molecule has 13 heteroatoms. The normalized spacial score (nSPS) is 25.8. The van der Waals surface area contributed by atoms with E-state index in [2.05, 4.69) is 4.98 Å². The van der Waals surface area contributed by atoms with Crippen LogP contribution < -0.4 is 16.9 Å². The maximum absolute atomic E-state index is 11.9. The van der Waals surface area contributed by atoms with E-state index in [1.807, 2.05) is 0 Å². The zero-order valence-electron chi connectivity index (χ0n) is 14.0. The summed E-state index contributed by atoms with van der Waals surface area (Å²) in [7, 11) is 0. The van der Waals surface area contributed by atoms with Crippen molar-refractivity contribution in [1.29, 1.82) is 0 Å². The highest BCUT2D eigenvalue weighted by Crippen LogP contribution is 2.28. The molecule has 13 nitrogen and oxygen atoms in total. The van der Waals surface area contributed by atoms with Crippen molar-refractivity contribution in [3.05, 3.63) is 22.7 Å². The van der Waals surface area contributed by atoms with Crippen LogP contribution in [-0.4, -0.2) is 73.0 Å². The minimum Gasteiger partial charge on any atom is -0.481 e. The number of nitrogens with two attached hydrogens (primary N) is 1. The second-order valence-electron chi connectivity index (χ2n) is 5.83. The Kier molecular flexibility index (Phi) is 6.81. The number of carbonyl (C=O) groups is 2. The van der Waals surface area contributed by atoms with Crippen LogP contribution in [-0.2, 0) is 19.1 Å². The monoisotopic (exact) mass is 388 g/mol. The first-order valence-corrected chi connectivity index (χ1v) is 7.89. The van der Waals surface area contributed by atoms with Crippen LogP contribution in [0.5, 0.6) is 0 Å². The molecule has 1 aliphatic heterocycles. The van der Waals surface area contributed by atoms with E-state index in [4.69, 9.17) is 25.5 Å². The van der Waals surface area contributed by atoms with Crippen molar-refractivity contribution < 1.29 is 39.6 Å². The Hall–Kier alpha value is -2.58. The molecule has 1 aliphatic rings. The summed E-state index contributed by atoms with van der Waals surface area (Å²) in [5.74, 6) is -2.12. The number of hydrogen-bond donors (Lipinski definition) is 6. The third kappa shape index (κ3) is 4.99. The van der Waals surface area contributed by atoms with Gasteiger partial charge >= 0.3 is 17.6 Å². The van der Waals surface area contributed by atoms with Gasteiger partial charge in [0.15, 0.2) is 12.0 Å². The van der Waals surface area contributed by atoms with Gasteiger partial charge in [0.2, 0.25) is 0 Å². The largest absolute Gasteiger partial charge is 0.481 e. The zero-order valence-corrected chi connectivity index (χ0v) is 14.0. The highest BCUT2D eigenvalue weighted by atomic mass is 16.6. The predicted molar refractivity (Wildman–Crippen MR) is 85.6 cm³/mol. The van der Waals surface area contributed by atoms with Gasteiger partial charge in [-0.2, -0.15) is 4.98 Å². The van der Waals surface area contributed by atoms with Gasteiger partial charge in [-0.25, -0.2) is 4.79 Å². The molecule has 0 unspecified atom stereocenters. The van der Waals surface area contributed by atoms with Gasteiger partial charge in [0.1, 0.15) is 31.0 Å². The lowest BCUT2D eigenvalue weighted by atomic mass is 10.1. The smallest absolute Gasteiger partial charge is 0.351 e. The number of aliphatic hydroxyl groups excluding tert-OH is 2. The number of rotatable bonds is 8. The molecule has 5 atom stereocenters. The fourth-order valence-corrected chi connectivity index (χ4v) is 2.43. The number of hydrogen-bond acceptors (Lipinski definition) is 11. The Morgan fingerprint density at radius 3 is 2.70 bits per heavy atom. The van der Waals surface area contributed by atoms with Crippen LogP contribution in [0.3, 0.4) is 0 Å².